The number of rotatable bonds is 5. The first-order valence-electron chi connectivity index (χ1n) is 7.60. The minimum atomic E-state index is 0.0176. The second kappa shape index (κ2) is 7.24. The lowest BCUT2D eigenvalue weighted by molar-refractivity contribution is -0.124. The summed E-state index contributed by atoms with van der Waals surface area (Å²) in [4.78, 5) is 22.4. The molecule has 0 bridgehead atoms. The van der Waals surface area contributed by atoms with Gasteiger partial charge in [-0.1, -0.05) is 13.8 Å². The third-order valence-electron chi connectivity index (χ3n) is 3.54. The van der Waals surface area contributed by atoms with Crippen LogP contribution in [0.3, 0.4) is 0 Å². The number of anilines is 1. The zero-order chi connectivity index (χ0) is 15.2. The molecule has 1 aliphatic heterocycles. The normalized spacial score (nSPS) is 18.7. The molecule has 0 aromatic carbocycles. The molecule has 1 N–H and O–H groups in total. The van der Waals surface area contributed by atoms with E-state index in [1.54, 1.807) is 0 Å². The van der Waals surface area contributed by atoms with Crippen molar-refractivity contribution in [2.75, 3.05) is 24.6 Å². The van der Waals surface area contributed by atoms with E-state index < -0.39 is 0 Å². The van der Waals surface area contributed by atoms with Crippen LogP contribution in [0.1, 0.15) is 33.6 Å². The van der Waals surface area contributed by atoms with Gasteiger partial charge >= 0.3 is 0 Å². The molecule has 1 aromatic heterocycles. The second-order valence-corrected chi connectivity index (χ2v) is 5.60. The average Bonchev–Trinajstić information content (AvgIpc) is 2.48. The van der Waals surface area contributed by atoms with E-state index in [0.29, 0.717) is 12.5 Å². The van der Waals surface area contributed by atoms with E-state index in [0.717, 1.165) is 31.7 Å². The van der Waals surface area contributed by atoms with Crippen molar-refractivity contribution in [2.45, 2.75) is 39.7 Å². The second-order valence-electron chi connectivity index (χ2n) is 5.60. The smallest absolute Gasteiger partial charge is 0.222 e. The first kappa shape index (κ1) is 15.5. The summed E-state index contributed by atoms with van der Waals surface area (Å²) in [6.45, 7) is 8.06. The molecule has 0 saturated carbocycles. The standard InChI is InChI=1S/C15H24N4O2/c1-4-21-14-8-13(16-10-17-14)19-7-5-6-12(9-19)18-15(20)11(2)3/h8,10-12H,4-7,9H2,1-3H3,(H,18,20)/t12-/m0/s1. The lowest BCUT2D eigenvalue weighted by Crippen LogP contribution is -2.49. The summed E-state index contributed by atoms with van der Waals surface area (Å²) in [5, 5.41) is 3.10. The van der Waals surface area contributed by atoms with Crippen LogP contribution in [-0.2, 0) is 4.79 Å². The highest BCUT2D eigenvalue weighted by atomic mass is 16.5. The molecule has 1 aromatic rings. The summed E-state index contributed by atoms with van der Waals surface area (Å²) < 4.78 is 5.41. The fourth-order valence-corrected chi connectivity index (χ4v) is 2.40. The van der Waals surface area contributed by atoms with E-state index in [-0.39, 0.29) is 17.9 Å². The van der Waals surface area contributed by atoms with Gasteiger partial charge in [0.15, 0.2) is 0 Å². The highest BCUT2D eigenvalue weighted by Crippen LogP contribution is 2.20. The van der Waals surface area contributed by atoms with E-state index in [4.69, 9.17) is 4.74 Å². The predicted octanol–water partition coefficient (Wildman–Crippen LogP) is 1.62. The lowest BCUT2D eigenvalue weighted by Gasteiger charge is -2.34. The van der Waals surface area contributed by atoms with Crippen molar-refractivity contribution in [3.63, 3.8) is 0 Å². The van der Waals surface area contributed by atoms with Crippen molar-refractivity contribution in [3.05, 3.63) is 12.4 Å². The Kier molecular flexibility index (Phi) is 5.36. The summed E-state index contributed by atoms with van der Waals surface area (Å²) in [5.74, 6) is 1.58. The van der Waals surface area contributed by atoms with Gasteiger partial charge in [0.05, 0.1) is 6.61 Å². The third-order valence-corrected chi connectivity index (χ3v) is 3.54. The largest absolute Gasteiger partial charge is 0.478 e. The van der Waals surface area contributed by atoms with E-state index >= 15 is 0 Å². The monoisotopic (exact) mass is 292 g/mol. The fourth-order valence-electron chi connectivity index (χ4n) is 2.40. The van der Waals surface area contributed by atoms with Gasteiger partial charge < -0.3 is 15.0 Å². The highest BCUT2D eigenvalue weighted by Gasteiger charge is 2.23. The zero-order valence-corrected chi connectivity index (χ0v) is 13.0. The van der Waals surface area contributed by atoms with Crippen LogP contribution in [0.4, 0.5) is 5.82 Å². The molecule has 0 unspecified atom stereocenters. The maximum absolute atomic E-state index is 11.8. The van der Waals surface area contributed by atoms with Crippen molar-refractivity contribution < 1.29 is 9.53 Å². The van der Waals surface area contributed by atoms with Crippen LogP contribution in [0, 0.1) is 5.92 Å². The molecule has 6 nitrogen and oxygen atoms in total. The third kappa shape index (κ3) is 4.31. The Bertz CT molecular complexity index is 478. The minimum Gasteiger partial charge on any atom is -0.478 e. The van der Waals surface area contributed by atoms with Crippen molar-refractivity contribution in [1.29, 1.82) is 0 Å². The maximum atomic E-state index is 11.8. The lowest BCUT2D eigenvalue weighted by atomic mass is 10.0. The summed E-state index contributed by atoms with van der Waals surface area (Å²) in [5.41, 5.74) is 0. The Hall–Kier alpha value is -1.85. The van der Waals surface area contributed by atoms with Gasteiger partial charge in [-0.25, -0.2) is 9.97 Å². The highest BCUT2D eigenvalue weighted by molar-refractivity contribution is 5.78. The molecular weight excluding hydrogens is 268 g/mol. The van der Waals surface area contributed by atoms with Gasteiger partial charge in [0.2, 0.25) is 11.8 Å². The number of carbonyl (C=O) groups is 1. The van der Waals surface area contributed by atoms with E-state index in [9.17, 15) is 4.79 Å². The molecule has 1 atom stereocenters. The van der Waals surface area contributed by atoms with E-state index in [2.05, 4.69) is 20.2 Å². The zero-order valence-electron chi connectivity index (χ0n) is 13.0. The van der Waals surface area contributed by atoms with Crippen LogP contribution in [0.25, 0.3) is 0 Å². The maximum Gasteiger partial charge on any atom is 0.222 e. The van der Waals surface area contributed by atoms with Crippen LogP contribution in [-0.4, -0.2) is 41.6 Å². The Morgan fingerprint density at radius 3 is 3.05 bits per heavy atom. The summed E-state index contributed by atoms with van der Waals surface area (Å²) in [6.07, 6.45) is 3.58. The van der Waals surface area contributed by atoms with Crippen molar-refractivity contribution in [2.24, 2.45) is 5.92 Å². The Labute approximate surface area is 125 Å². The molecule has 1 fully saturated rings. The van der Waals surface area contributed by atoms with Crippen molar-refractivity contribution in [1.82, 2.24) is 15.3 Å². The fraction of sp³-hybridized carbons (Fsp3) is 0.667. The van der Waals surface area contributed by atoms with E-state index in [1.165, 1.54) is 6.33 Å². The van der Waals surface area contributed by atoms with Gasteiger partial charge in [-0.3, -0.25) is 4.79 Å². The van der Waals surface area contributed by atoms with Gasteiger partial charge in [0.25, 0.3) is 0 Å². The van der Waals surface area contributed by atoms with Crippen LogP contribution in [0.5, 0.6) is 5.88 Å². The van der Waals surface area contributed by atoms with Gasteiger partial charge in [-0.05, 0) is 19.8 Å². The van der Waals surface area contributed by atoms with Crippen molar-refractivity contribution >= 4 is 11.7 Å². The number of piperidine rings is 1. The molecule has 116 valence electrons. The van der Waals surface area contributed by atoms with Gasteiger partial charge in [-0.2, -0.15) is 0 Å². The first-order valence-corrected chi connectivity index (χ1v) is 7.60. The number of nitrogens with one attached hydrogen (secondary N) is 1. The minimum absolute atomic E-state index is 0.0176. The molecule has 1 amide bonds. The topological polar surface area (TPSA) is 67.3 Å². The number of hydrogen-bond acceptors (Lipinski definition) is 5. The number of ether oxygens (including phenoxy) is 1. The molecule has 21 heavy (non-hydrogen) atoms. The molecule has 0 aliphatic carbocycles. The van der Waals surface area contributed by atoms with Gasteiger partial charge in [0.1, 0.15) is 12.1 Å². The Balaban J connectivity index is 2.00. The summed E-state index contributed by atoms with van der Waals surface area (Å²) >= 11 is 0. The van der Waals surface area contributed by atoms with E-state index in [1.807, 2.05) is 26.8 Å². The Morgan fingerprint density at radius 2 is 2.33 bits per heavy atom. The van der Waals surface area contributed by atoms with Crippen molar-refractivity contribution in [3.8, 4) is 5.88 Å². The number of hydrogen-bond donors (Lipinski definition) is 1. The number of carbonyl (C=O) groups excluding carboxylic acids is 1. The summed E-state index contributed by atoms with van der Waals surface area (Å²) in [6, 6.07) is 2.04. The summed E-state index contributed by atoms with van der Waals surface area (Å²) in [7, 11) is 0. The van der Waals surface area contributed by atoms with Crippen LogP contribution >= 0.6 is 0 Å². The molecular formula is C15H24N4O2. The molecule has 6 heteroatoms. The molecule has 1 aliphatic rings. The van der Waals surface area contributed by atoms with Crippen LogP contribution < -0.4 is 15.0 Å². The van der Waals surface area contributed by atoms with Gasteiger partial charge in [-0.15, -0.1) is 0 Å². The number of nitrogens with zero attached hydrogens (tertiary/aromatic N) is 3. The quantitative estimate of drug-likeness (QED) is 0.893. The van der Waals surface area contributed by atoms with Gasteiger partial charge in [0, 0.05) is 31.1 Å². The number of aromatic nitrogens is 2. The van der Waals surface area contributed by atoms with Crippen LogP contribution in [0.2, 0.25) is 0 Å². The molecule has 0 spiro atoms. The van der Waals surface area contributed by atoms with Crippen LogP contribution in [0.15, 0.2) is 12.4 Å². The molecule has 1 saturated heterocycles. The average molecular weight is 292 g/mol. The Morgan fingerprint density at radius 1 is 1.52 bits per heavy atom. The molecule has 0 radical (unpaired) electrons. The number of amides is 1. The first-order chi connectivity index (χ1) is 10.1. The molecule has 2 heterocycles. The SMILES string of the molecule is CCOc1cc(N2CCC[C@H](NC(=O)C(C)C)C2)ncn1. The predicted molar refractivity (Wildman–Crippen MR) is 81.4 cm³/mol. The molecule has 2 rings (SSSR count).